The summed E-state index contributed by atoms with van der Waals surface area (Å²) in [6, 6.07) is 14.8. The molecule has 7 nitrogen and oxygen atoms in total. The Balaban J connectivity index is 1.47. The molecule has 0 aliphatic rings. The Kier molecular flexibility index (Phi) is 6.15. The molecule has 0 spiro atoms. The number of carbonyl (C=O) groups excluding carboxylic acids is 1. The highest BCUT2D eigenvalue weighted by molar-refractivity contribution is 8.00. The van der Waals surface area contributed by atoms with Crippen LogP contribution < -0.4 is 5.32 Å². The molecule has 0 saturated heterocycles. The van der Waals surface area contributed by atoms with Gasteiger partial charge in [0.1, 0.15) is 5.76 Å². The molecule has 0 radical (unpaired) electrons. The molecule has 0 aliphatic carbocycles. The van der Waals surface area contributed by atoms with Gasteiger partial charge in [0.25, 0.3) is 5.91 Å². The Morgan fingerprint density at radius 2 is 1.97 bits per heavy atom. The van der Waals surface area contributed by atoms with Gasteiger partial charge >= 0.3 is 0 Å². The fourth-order valence-corrected chi connectivity index (χ4v) is 5.60. The number of anilines is 1. The van der Waals surface area contributed by atoms with Crippen LogP contribution in [0.3, 0.4) is 0 Å². The molecule has 0 fully saturated rings. The van der Waals surface area contributed by atoms with E-state index in [-0.39, 0.29) is 17.3 Å². The predicted molar refractivity (Wildman–Crippen MR) is 123 cm³/mol. The number of benzene rings is 2. The van der Waals surface area contributed by atoms with E-state index in [0.29, 0.717) is 17.0 Å². The van der Waals surface area contributed by atoms with E-state index in [0.717, 1.165) is 14.6 Å². The van der Waals surface area contributed by atoms with E-state index in [4.69, 9.17) is 4.42 Å². The lowest BCUT2D eigenvalue weighted by Gasteiger charge is -2.16. The molecule has 1 N–H and O–H groups in total. The average Bonchev–Trinajstić information content (AvgIpc) is 3.42. The van der Waals surface area contributed by atoms with Crippen LogP contribution in [0.15, 0.2) is 74.5 Å². The van der Waals surface area contributed by atoms with Crippen molar-refractivity contribution in [2.75, 3.05) is 18.6 Å². The Hall–Kier alpha value is -2.66. The third-order valence-corrected chi connectivity index (χ3v) is 8.41. The van der Waals surface area contributed by atoms with Gasteiger partial charge in [-0.3, -0.25) is 4.79 Å². The van der Waals surface area contributed by atoms with Gasteiger partial charge in [-0.05, 0) is 60.9 Å². The van der Waals surface area contributed by atoms with Crippen LogP contribution in [-0.4, -0.2) is 36.9 Å². The van der Waals surface area contributed by atoms with Crippen molar-refractivity contribution < 1.29 is 17.6 Å². The lowest BCUT2D eigenvalue weighted by atomic mass is 10.2. The first kappa shape index (κ1) is 21.6. The fraction of sp³-hybridized carbons (Fsp3) is 0.143. The summed E-state index contributed by atoms with van der Waals surface area (Å²) in [6.45, 7) is 0.121. The number of nitrogens with one attached hydrogen (secondary N) is 1. The number of furan rings is 1. The van der Waals surface area contributed by atoms with Gasteiger partial charge in [-0.15, -0.1) is 11.3 Å². The lowest BCUT2D eigenvalue weighted by Crippen LogP contribution is -2.26. The van der Waals surface area contributed by atoms with Crippen molar-refractivity contribution >= 4 is 54.9 Å². The summed E-state index contributed by atoms with van der Waals surface area (Å²) >= 11 is 3.14. The van der Waals surface area contributed by atoms with Crippen LogP contribution in [0.4, 0.5) is 5.69 Å². The van der Waals surface area contributed by atoms with Crippen molar-refractivity contribution in [2.24, 2.45) is 0 Å². The standard InChI is InChI=1S/C21H19N3O4S3/c1-24(13-16-4-3-11-28-16)31(26,27)17-8-5-14(6-9-17)20(25)22-15-7-10-18-19(12-15)30-21(23-18)29-2/h3-12H,13H2,1-2H3,(H,22,25). The molecule has 10 heteroatoms. The number of aromatic nitrogens is 1. The molecular formula is C21H19N3O4S3. The van der Waals surface area contributed by atoms with Crippen LogP contribution in [0.2, 0.25) is 0 Å². The van der Waals surface area contributed by atoms with Crippen molar-refractivity contribution in [1.82, 2.24) is 9.29 Å². The van der Waals surface area contributed by atoms with E-state index in [1.54, 1.807) is 41.3 Å². The number of hydrogen-bond acceptors (Lipinski definition) is 7. The SMILES string of the molecule is CSc1nc2ccc(NC(=O)c3ccc(S(=O)(=O)N(C)Cc4ccco4)cc3)cc2s1. The van der Waals surface area contributed by atoms with Crippen molar-refractivity contribution in [3.8, 4) is 0 Å². The Bertz CT molecular complexity index is 1310. The van der Waals surface area contributed by atoms with Crippen molar-refractivity contribution in [1.29, 1.82) is 0 Å². The third kappa shape index (κ3) is 4.67. The first-order valence-corrected chi connectivity index (χ1v) is 12.7. The number of amides is 1. The summed E-state index contributed by atoms with van der Waals surface area (Å²) in [7, 11) is -2.22. The van der Waals surface area contributed by atoms with Gasteiger partial charge in [-0.2, -0.15) is 4.31 Å². The maximum Gasteiger partial charge on any atom is 0.255 e. The molecule has 4 rings (SSSR count). The van der Waals surface area contributed by atoms with Gasteiger partial charge in [0, 0.05) is 18.3 Å². The molecule has 2 aromatic carbocycles. The number of rotatable bonds is 7. The number of hydrogen-bond donors (Lipinski definition) is 1. The molecule has 0 bridgehead atoms. The number of sulfonamides is 1. The number of carbonyl (C=O) groups is 1. The summed E-state index contributed by atoms with van der Waals surface area (Å²) in [4.78, 5) is 17.2. The molecule has 4 aromatic rings. The molecular weight excluding hydrogens is 454 g/mol. The molecule has 0 saturated carbocycles. The highest BCUT2D eigenvalue weighted by atomic mass is 32.2. The second-order valence-electron chi connectivity index (χ2n) is 6.69. The molecule has 0 aliphatic heterocycles. The summed E-state index contributed by atoms with van der Waals surface area (Å²) in [5.41, 5.74) is 1.91. The Morgan fingerprint density at radius 3 is 2.65 bits per heavy atom. The number of fused-ring (bicyclic) bond motifs is 1. The number of thioether (sulfide) groups is 1. The molecule has 31 heavy (non-hydrogen) atoms. The van der Waals surface area contributed by atoms with E-state index in [1.807, 2.05) is 18.4 Å². The molecule has 1 amide bonds. The lowest BCUT2D eigenvalue weighted by molar-refractivity contribution is 0.102. The fourth-order valence-electron chi connectivity index (χ4n) is 2.94. The third-order valence-electron chi connectivity index (χ3n) is 4.58. The minimum absolute atomic E-state index is 0.105. The Morgan fingerprint density at radius 1 is 1.19 bits per heavy atom. The summed E-state index contributed by atoms with van der Waals surface area (Å²) in [6.07, 6.45) is 3.47. The minimum atomic E-state index is -3.71. The summed E-state index contributed by atoms with van der Waals surface area (Å²) in [5, 5.41) is 2.85. The van der Waals surface area contributed by atoms with Gasteiger partial charge in [0.05, 0.1) is 27.9 Å². The van der Waals surface area contributed by atoms with E-state index in [1.165, 1.54) is 41.9 Å². The smallest absolute Gasteiger partial charge is 0.255 e. The van der Waals surface area contributed by atoms with Crippen LogP contribution >= 0.6 is 23.1 Å². The molecule has 0 unspecified atom stereocenters. The average molecular weight is 474 g/mol. The minimum Gasteiger partial charge on any atom is -0.468 e. The molecule has 2 aromatic heterocycles. The highest BCUT2D eigenvalue weighted by Crippen LogP contribution is 2.30. The summed E-state index contributed by atoms with van der Waals surface area (Å²) in [5.74, 6) is 0.228. The van der Waals surface area contributed by atoms with E-state index in [2.05, 4.69) is 10.3 Å². The highest BCUT2D eigenvalue weighted by Gasteiger charge is 2.22. The van der Waals surface area contributed by atoms with Gasteiger partial charge < -0.3 is 9.73 Å². The zero-order chi connectivity index (χ0) is 22.0. The zero-order valence-corrected chi connectivity index (χ0v) is 19.2. The molecule has 2 heterocycles. The van der Waals surface area contributed by atoms with Crippen LogP contribution in [0.1, 0.15) is 16.1 Å². The predicted octanol–water partition coefficient (Wildman–Crippen LogP) is 4.68. The van der Waals surface area contributed by atoms with E-state index < -0.39 is 10.0 Å². The molecule has 0 atom stereocenters. The normalized spacial score (nSPS) is 11.8. The van der Waals surface area contributed by atoms with E-state index in [9.17, 15) is 13.2 Å². The van der Waals surface area contributed by atoms with Crippen LogP contribution in [0.5, 0.6) is 0 Å². The zero-order valence-electron chi connectivity index (χ0n) is 16.7. The quantitative estimate of drug-likeness (QED) is 0.392. The largest absolute Gasteiger partial charge is 0.468 e. The van der Waals surface area contributed by atoms with Crippen LogP contribution in [0, 0.1) is 0 Å². The van der Waals surface area contributed by atoms with Gasteiger partial charge in [0.2, 0.25) is 10.0 Å². The van der Waals surface area contributed by atoms with Gasteiger partial charge in [-0.1, -0.05) is 11.8 Å². The maximum atomic E-state index is 12.8. The number of nitrogens with zero attached hydrogens (tertiary/aromatic N) is 2. The van der Waals surface area contributed by atoms with Crippen molar-refractivity contribution in [3.05, 3.63) is 72.2 Å². The van der Waals surface area contributed by atoms with E-state index >= 15 is 0 Å². The van der Waals surface area contributed by atoms with Crippen LogP contribution in [-0.2, 0) is 16.6 Å². The first-order valence-electron chi connectivity index (χ1n) is 9.21. The van der Waals surface area contributed by atoms with Crippen molar-refractivity contribution in [3.63, 3.8) is 0 Å². The first-order chi connectivity index (χ1) is 14.9. The Labute approximate surface area is 188 Å². The van der Waals surface area contributed by atoms with Gasteiger partial charge in [0.15, 0.2) is 4.34 Å². The number of thiazole rings is 1. The second kappa shape index (κ2) is 8.83. The second-order valence-corrected chi connectivity index (χ2v) is 10.8. The molecule has 160 valence electrons. The monoisotopic (exact) mass is 473 g/mol. The topological polar surface area (TPSA) is 92.5 Å². The summed E-state index contributed by atoms with van der Waals surface area (Å²) < 4.78 is 33.9. The van der Waals surface area contributed by atoms with Crippen molar-refractivity contribution in [2.45, 2.75) is 15.8 Å². The van der Waals surface area contributed by atoms with Gasteiger partial charge in [-0.25, -0.2) is 13.4 Å². The maximum absolute atomic E-state index is 12.8. The van der Waals surface area contributed by atoms with Crippen LogP contribution in [0.25, 0.3) is 10.2 Å².